The number of rotatable bonds is 6. The Morgan fingerprint density at radius 3 is 2.42 bits per heavy atom. The minimum absolute atomic E-state index is 0.0161. The zero-order chi connectivity index (χ0) is 23.4. The SMILES string of the molecule is Cn1cc(C(=O)NCC2CC3CCC(C2)N3CC(=O)NC2(C(F)(F)F)CC2)c2ccccc21. The molecule has 3 heterocycles. The molecule has 3 aliphatic rings. The zero-order valence-corrected chi connectivity index (χ0v) is 18.6. The lowest BCUT2D eigenvalue weighted by Gasteiger charge is -2.38. The second-order valence-electron chi connectivity index (χ2n) is 9.90. The summed E-state index contributed by atoms with van der Waals surface area (Å²) in [5.41, 5.74) is -0.345. The Morgan fingerprint density at radius 1 is 1.12 bits per heavy atom. The van der Waals surface area contributed by atoms with Crippen LogP contribution in [0.15, 0.2) is 30.5 Å². The predicted octanol–water partition coefficient (Wildman–Crippen LogP) is 3.36. The quantitative estimate of drug-likeness (QED) is 0.692. The van der Waals surface area contributed by atoms with E-state index in [-0.39, 0.29) is 37.4 Å². The normalized spacial score (nSPS) is 26.4. The number of aromatic nitrogens is 1. The number of hydrogen-bond acceptors (Lipinski definition) is 3. The van der Waals surface area contributed by atoms with Gasteiger partial charge in [0.25, 0.3) is 5.91 Å². The minimum Gasteiger partial charge on any atom is -0.352 e. The van der Waals surface area contributed by atoms with E-state index in [4.69, 9.17) is 0 Å². The molecule has 3 fully saturated rings. The molecule has 1 aromatic carbocycles. The van der Waals surface area contributed by atoms with Gasteiger partial charge in [0.15, 0.2) is 0 Å². The number of hydrogen-bond donors (Lipinski definition) is 2. The Labute approximate surface area is 190 Å². The van der Waals surface area contributed by atoms with Crippen molar-refractivity contribution in [3.63, 3.8) is 0 Å². The molecule has 1 saturated carbocycles. The summed E-state index contributed by atoms with van der Waals surface area (Å²) in [6.07, 6.45) is 0.941. The van der Waals surface area contributed by atoms with Crippen LogP contribution in [0.3, 0.4) is 0 Å². The summed E-state index contributed by atoms with van der Waals surface area (Å²) in [7, 11) is 1.92. The van der Waals surface area contributed by atoms with Gasteiger partial charge in [-0.3, -0.25) is 14.5 Å². The lowest BCUT2D eigenvalue weighted by atomic mass is 9.90. The van der Waals surface area contributed by atoms with Gasteiger partial charge in [-0.05, 0) is 50.5 Å². The van der Waals surface area contributed by atoms with Crippen LogP contribution in [0.5, 0.6) is 0 Å². The molecular formula is C24H29F3N4O2. The molecule has 2 saturated heterocycles. The van der Waals surface area contributed by atoms with E-state index >= 15 is 0 Å². The first kappa shape index (κ1) is 22.3. The Morgan fingerprint density at radius 2 is 1.79 bits per heavy atom. The minimum atomic E-state index is -4.39. The molecule has 1 aliphatic carbocycles. The van der Waals surface area contributed by atoms with E-state index in [1.165, 1.54) is 0 Å². The first-order chi connectivity index (χ1) is 15.7. The summed E-state index contributed by atoms with van der Waals surface area (Å²) >= 11 is 0. The van der Waals surface area contributed by atoms with Gasteiger partial charge in [0.1, 0.15) is 5.54 Å². The Hall–Kier alpha value is -2.55. The lowest BCUT2D eigenvalue weighted by molar-refractivity contribution is -0.170. The number of amides is 2. The molecule has 0 spiro atoms. The number of aryl methyl sites for hydroxylation is 1. The highest BCUT2D eigenvalue weighted by molar-refractivity contribution is 6.06. The molecule has 2 bridgehead atoms. The number of piperidine rings is 1. The van der Waals surface area contributed by atoms with Gasteiger partial charge >= 0.3 is 6.18 Å². The molecule has 2 aliphatic heterocycles. The van der Waals surface area contributed by atoms with Crippen LogP contribution in [0, 0.1) is 5.92 Å². The van der Waals surface area contributed by atoms with Crippen molar-refractivity contribution in [1.82, 2.24) is 20.1 Å². The van der Waals surface area contributed by atoms with Crippen molar-refractivity contribution in [1.29, 1.82) is 0 Å². The van der Waals surface area contributed by atoms with E-state index in [1.54, 1.807) is 0 Å². The largest absolute Gasteiger partial charge is 0.411 e. The first-order valence-electron chi connectivity index (χ1n) is 11.6. The Balaban J connectivity index is 1.15. The predicted molar refractivity (Wildman–Crippen MR) is 118 cm³/mol. The molecule has 2 amide bonds. The maximum Gasteiger partial charge on any atom is 0.411 e. The molecular weight excluding hydrogens is 433 g/mol. The fourth-order valence-corrected chi connectivity index (χ4v) is 5.74. The van der Waals surface area contributed by atoms with Gasteiger partial charge < -0.3 is 15.2 Å². The summed E-state index contributed by atoms with van der Waals surface area (Å²) in [4.78, 5) is 27.3. The number of carbonyl (C=O) groups excluding carboxylic acids is 2. The highest BCUT2D eigenvalue weighted by atomic mass is 19.4. The van der Waals surface area contributed by atoms with Gasteiger partial charge in [0.2, 0.25) is 5.91 Å². The zero-order valence-electron chi connectivity index (χ0n) is 18.6. The van der Waals surface area contributed by atoms with Crippen molar-refractivity contribution >= 4 is 22.7 Å². The van der Waals surface area contributed by atoms with Gasteiger partial charge in [-0.25, -0.2) is 0 Å². The topological polar surface area (TPSA) is 66.4 Å². The van der Waals surface area contributed by atoms with E-state index in [0.717, 1.165) is 36.6 Å². The van der Waals surface area contributed by atoms with Crippen molar-refractivity contribution in [3.8, 4) is 0 Å². The van der Waals surface area contributed by atoms with Crippen LogP contribution in [0.4, 0.5) is 13.2 Å². The van der Waals surface area contributed by atoms with Crippen LogP contribution in [0.2, 0.25) is 0 Å². The molecule has 9 heteroatoms. The third kappa shape index (κ3) is 4.11. The number of nitrogens with one attached hydrogen (secondary N) is 2. The van der Waals surface area contributed by atoms with E-state index in [2.05, 4.69) is 15.5 Å². The molecule has 2 unspecified atom stereocenters. The van der Waals surface area contributed by atoms with Crippen LogP contribution < -0.4 is 10.6 Å². The number of para-hydroxylation sites is 1. The van der Waals surface area contributed by atoms with Crippen molar-refractivity contribution < 1.29 is 22.8 Å². The molecule has 178 valence electrons. The number of halogens is 3. The van der Waals surface area contributed by atoms with Crippen LogP contribution in [-0.4, -0.2) is 58.2 Å². The van der Waals surface area contributed by atoms with Gasteiger partial charge in [-0.15, -0.1) is 0 Å². The monoisotopic (exact) mass is 462 g/mol. The second kappa shape index (κ2) is 8.04. The molecule has 2 N–H and O–H groups in total. The van der Waals surface area contributed by atoms with Crippen molar-refractivity contribution in [2.75, 3.05) is 13.1 Å². The maximum atomic E-state index is 13.1. The van der Waals surface area contributed by atoms with E-state index in [9.17, 15) is 22.8 Å². The van der Waals surface area contributed by atoms with E-state index in [0.29, 0.717) is 18.0 Å². The lowest BCUT2D eigenvalue weighted by Crippen LogP contribution is -2.54. The molecule has 1 aromatic heterocycles. The standard InChI is InChI=1S/C24H29F3N4O2/c1-30-13-19(18-4-2-3-5-20(18)30)22(33)28-12-15-10-16-6-7-17(11-15)31(16)14-21(32)29-23(8-9-23)24(25,26)27/h2-5,13,15-17H,6-12,14H2,1H3,(H,28,33)(H,29,32). The number of alkyl halides is 3. The fourth-order valence-electron chi connectivity index (χ4n) is 5.74. The third-order valence-corrected chi connectivity index (χ3v) is 7.67. The van der Waals surface area contributed by atoms with Crippen molar-refractivity contribution in [2.24, 2.45) is 13.0 Å². The molecule has 5 rings (SSSR count). The summed E-state index contributed by atoms with van der Waals surface area (Å²) < 4.78 is 41.4. The molecule has 2 atom stereocenters. The smallest absolute Gasteiger partial charge is 0.352 e. The van der Waals surface area contributed by atoms with Crippen LogP contribution >= 0.6 is 0 Å². The molecule has 6 nitrogen and oxygen atoms in total. The van der Waals surface area contributed by atoms with Crippen molar-refractivity contribution in [3.05, 3.63) is 36.0 Å². The van der Waals surface area contributed by atoms with Gasteiger partial charge in [0, 0.05) is 42.8 Å². The van der Waals surface area contributed by atoms with E-state index in [1.807, 2.05) is 42.1 Å². The Kier molecular flexibility index (Phi) is 5.42. The summed E-state index contributed by atoms with van der Waals surface area (Å²) in [6, 6.07) is 8.14. The number of fused-ring (bicyclic) bond motifs is 3. The van der Waals surface area contributed by atoms with Gasteiger partial charge in [-0.1, -0.05) is 18.2 Å². The average Bonchev–Trinajstić information content (AvgIpc) is 3.43. The number of carbonyl (C=O) groups is 2. The highest BCUT2D eigenvalue weighted by Gasteiger charge is 2.64. The van der Waals surface area contributed by atoms with Gasteiger partial charge in [-0.2, -0.15) is 13.2 Å². The van der Waals surface area contributed by atoms with Crippen molar-refractivity contribution in [2.45, 2.75) is 62.3 Å². The molecule has 2 aromatic rings. The average molecular weight is 463 g/mol. The summed E-state index contributed by atoms with van der Waals surface area (Å²) in [5, 5.41) is 6.25. The number of nitrogens with zero attached hydrogens (tertiary/aromatic N) is 2. The van der Waals surface area contributed by atoms with Crippen LogP contribution in [-0.2, 0) is 11.8 Å². The first-order valence-corrected chi connectivity index (χ1v) is 11.6. The van der Waals surface area contributed by atoms with Crippen LogP contribution in [0.25, 0.3) is 10.9 Å². The number of benzene rings is 1. The third-order valence-electron chi connectivity index (χ3n) is 7.67. The fraction of sp³-hybridized carbons (Fsp3) is 0.583. The van der Waals surface area contributed by atoms with Gasteiger partial charge in [0.05, 0.1) is 12.1 Å². The maximum absolute atomic E-state index is 13.1. The summed E-state index contributed by atoms with van der Waals surface area (Å²) in [6.45, 7) is 0.578. The highest BCUT2D eigenvalue weighted by Crippen LogP contribution is 2.49. The van der Waals surface area contributed by atoms with Crippen LogP contribution in [0.1, 0.15) is 48.9 Å². The van der Waals surface area contributed by atoms with E-state index < -0.39 is 17.6 Å². The molecule has 0 radical (unpaired) electrons. The second-order valence-corrected chi connectivity index (χ2v) is 9.90. The Bertz CT molecular complexity index is 1060. The molecule has 33 heavy (non-hydrogen) atoms. The summed E-state index contributed by atoms with van der Waals surface area (Å²) in [5.74, 6) is -0.335.